The Hall–Kier alpha value is -3.78. The Morgan fingerprint density at radius 1 is 1.25 bits per heavy atom. The van der Waals surface area contributed by atoms with Crippen molar-refractivity contribution < 1.29 is 23.9 Å². The first-order valence-corrected chi connectivity index (χ1v) is 10.7. The summed E-state index contributed by atoms with van der Waals surface area (Å²) in [6, 6.07) is 12.9. The summed E-state index contributed by atoms with van der Waals surface area (Å²) in [5.41, 5.74) is 0.590. The van der Waals surface area contributed by atoms with Gasteiger partial charge in [-0.05, 0) is 23.8 Å². The van der Waals surface area contributed by atoms with Crippen LogP contribution in [0.5, 0.6) is 0 Å². The summed E-state index contributed by atoms with van der Waals surface area (Å²) in [5.74, 6) is -2.54. The first-order chi connectivity index (χ1) is 15.4. The highest BCUT2D eigenvalue weighted by Crippen LogP contribution is 2.57. The standard InChI is InChI=1S/C24H17FN2O4S/c1-2-10-27-16-9-8-14(25)11-15(16)24(23(27)31)12-17(28)26-19-18(13-6-4-3-5-7-13)20(22(29)30)32-21(19)24/h2-9,11H,1,10,12H2,(H,26,28)(H,29,30)/t24-/m0/s1. The molecule has 0 bridgehead atoms. The largest absolute Gasteiger partial charge is 0.477 e. The number of thiophene rings is 1. The number of carbonyl (C=O) groups excluding carboxylic acids is 2. The zero-order chi connectivity index (χ0) is 22.6. The highest BCUT2D eigenvalue weighted by Gasteiger charge is 2.57. The number of carboxylic acid groups (broad SMARTS) is 1. The minimum Gasteiger partial charge on any atom is -0.477 e. The number of carbonyl (C=O) groups is 3. The van der Waals surface area contributed by atoms with Gasteiger partial charge in [-0.1, -0.05) is 36.4 Å². The Morgan fingerprint density at radius 2 is 2.00 bits per heavy atom. The maximum atomic E-state index is 14.3. The maximum absolute atomic E-state index is 14.3. The minimum absolute atomic E-state index is 0.00991. The van der Waals surface area contributed by atoms with Crippen LogP contribution in [0.2, 0.25) is 0 Å². The van der Waals surface area contributed by atoms with E-state index in [1.54, 1.807) is 36.4 Å². The van der Waals surface area contributed by atoms with Gasteiger partial charge in [0, 0.05) is 23.4 Å². The first-order valence-electron chi connectivity index (χ1n) is 9.87. The van der Waals surface area contributed by atoms with Crippen LogP contribution < -0.4 is 10.2 Å². The van der Waals surface area contributed by atoms with Gasteiger partial charge in [-0.2, -0.15) is 0 Å². The highest BCUT2D eigenvalue weighted by atomic mass is 32.1. The van der Waals surface area contributed by atoms with E-state index < -0.39 is 29.0 Å². The van der Waals surface area contributed by atoms with E-state index in [0.29, 0.717) is 32.9 Å². The zero-order valence-corrected chi connectivity index (χ0v) is 17.5. The fourth-order valence-corrected chi connectivity index (χ4v) is 5.94. The molecular formula is C24H17FN2O4S. The van der Waals surface area contributed by atoms with Gasteiger partial charge in [-0.15, -0.1) is 17.9 Å². The van der Waals surface area contributed by atoms with Crippen LogP contribution >= 0.6 is 11.3 Å². The molecule has 3 heterocycles. The molecule has 0 radical (unpaired) electrons. The number of hydrogen-bond donors (Lipinski definition) is 2. The van der Waals surface area contributed by atoms with Crippen molar-refractivity contribution in [2.75, 3.05) is 16.8 Å². The number of amides is 2. The van der Waals surface area contributed by atoms with Crippen LogP contribution in [-0.2, 0) is 15.0 Å². The molecule has 2 aliphatic heterocycles. The van der Waals surface area contributed by atoms with Crippen LogP contribution in [0.1, 0.15) is 26.5 Å². The van der Waals surface area contributed by atoms with E-state index >= 15 is 0 Å². The molecule has 160 valence electrons. The SMILES string of the molecule is C=CCN1C(=O)[C@@]2(CC(=O)Nc3c2sc(C(=O)O)c3-c2ccccc2)c2cc(F)ccc21. The lowest BCUT2D eigenvalue weighted by Crippen LogP contribution is -2.46. The fraction of sp³-hybridized carbons (Fsp3) is 0.125. The number of carboxylic acids is 1. The number of aromatic carboxylic acids is 1. The molecule has 3 aromatic rings. The van der Waals surface area contributed by atoms with Gasteiger partial charge in [0.05, 0.1) is 17.0 Å². The summed E-state index contributed by atoms with van der Waals surface area (Å²) in [4.78, 5) is 40.8. The first kappa shape index (κ1) is 20.1. The van der Waals surface area contributed by atoms with E-state index in [9.17, 15) is 23.9 Å². The Balaban J connectivity index is 1.86. The van der Waals surface area contributed by atoms with Gasteiger partial charge in [0.1, 0.15) is 16.1 Å². The smallest absolute Gasteiger partial charge is 0.346 e. The molecule has 1 atom stereocenters. The average Bonchev–Trinajstić information content (AvgIpc) is 3.26. The van der Waals surface area contributed by atoms with Crippen molar-refractivity contribution in [1.82, 2.24) is 0 Å². The number of nitrogens with zero attached hydrogens (tertiary/aromatic N) is 1. The van der Waals surface area contributed by atoms with Crippen molar-refractivity contribution >= 4 is 40.5 Å². The van der Waals surface area contributed by atoms with E-state index in [0.717, 1.165) is 11.3 Å². The number of benzene rings is 2. The van der Waals surface area contributed by atoms with Crippen LogP contribution in [0.15, 0.2) is 61.2 Å². The number of hydrogen-bond acceptors (Lipinski definition) is 4. The normalized spacial score (nSPS) is 19.0. The third-order valence-corrected chi connectivity index (χ3v) is 7.21. The minimum atomic E-state index is -1.50. The molecule has 0 saturated heterocycles. The molecule has 32 heavy (non-hydrogen) atoms. The summed E-state index contributed by atoms with van der Waals surface area (Å²) in [6.45, 7) is 3.88. The van der Waals surface area contributed by atoms with Crippen molar-refractivity contribution in [2.45, 2.75) is 11.8 Å². The van der Waals surface area contributed by atoms with Crippen LogP contribution in [0.4, 0.5) is 15.8 Å². The Labute approximate surface area is 186 Å². The molecule has 0 saturated carbocycles. The molecule has 5 rings (SSSR count). The van der Waals surface area contributed by atoms with Gasteiger partial charge in [-0.3, -0.25) is 9.59 Å². The molecule has 8 heteroatoms. The molecule has 2 aromatic carbocycles. The third-order valence-electron chi connectivity index (χ3n) is 5.87. The Kier molecular flexibility index (Phi) is 4.49. The zero-order valence-electron chi connectivity index (χ0n) is 16.7. The second-order valence-corrected chi connectivity index (χ2v) is 8.70. The monoisotopic (exact) mass is 448 g/mol. The number of rotatable bonds is 4. The number of halogens is 1. The molecule has 1 aromatic heterocycles. The number of fused-ring (bicyclic) bond motifs is 4. The van der Waals surface area contributed by atoms with Gasteiger partial charge in [0.25, 0.3) is 0 Å². The van der Waals surface area contributed by atoms with Crippen LogP contribution in [-0.4, -0.2) is 29.4 Å². The molecule has 0 aliphatic carbocycles. The van der Waals surface area contributed by atoms with Gasteiger partial charge in [-0.25, -0.2) is 9.18 Å². The molecule has 1 spiro atoms. The lowest BCUT2D eigenvalue weighted by atomic mass is 9.74. The quantitative estimate of drug-likeness (QED) is 0.579. The van der Waals surface area contributed by atoms with Crippen LogP contribution in [0, 0.1) is 5.82 Å². The Bertz CT molecular complexity index is 1320. The molecular weight excluding hydrogens is 431 g/mol. The van der Waals surface area contributed by atoms with E-state index in [4.69, 9.17) is 0 Å². The average molecular weight is 448 g/mol. The summed E-state index contributed by atoms with van der Waals surface area (Å²) in [5, 5.41) is 12.7. The molecule has 2 amide bonds. The lowest BCUT2D eigenvalue weighted by Gasteiger charge is -2.32. The predicted molar refractivity (Wildman–Crippen MR) is 120 cm³/mol. The van der Waals surface area contributed by atoms with E-state index in [-0.39, 0.29) is 17.8 Å². The second-order valence-electron chi connectivity index (χ2n) is 7.68. The van der Waals surface area contributed by atoms with E-state index in [1.165, 1.54) is 23.1 Å². The van der Waals surface area contributed by atoms with E-state index in [2.05, 4.69) is 11.9 Å². The third kappa shape index (κ3) is 2.66. The summed E-state index contributed by atoms with van der Waals surface area (Å²) >= 11 is 0.946. The number of anilines is 2. The molecule has 6 nitrogen and oxygen atoms in total. The predicted octanol–water partition coefficient (Wildman–Crippen LogP) is 4.41. The van der Waals surface area contributed by atoms with Crippen LogP contribution in [0.25, 0.3) is 11.1 Å². The summed E-state index contributed by atoms with van der Waals surface area (Å²) in [6.07, 6.45) is 1.32. The summed E-state index contributed by atoms with van der Waals surface area (Å²) < 4.78 is 14.3. The van der Waals surface area contributed by atoms with Crippen molar-refractivity contribution in [3.8, 4) is 11.1 Å². The molecule has 0 fully saturated rings. The number of nitrogens with one attached hydrogen (secondary N) is 1. The van der Waals surface area contributed by atoms with Crippen LogP contribution in [0.3, 0.4) is 0 Å². The second kappa shape index (κ2) is 7.13. The molecule has 2 aliphatic rings. The van der Waals surface area contributed by atoms with Gasteiger partial charge >= 0.3 is 5.97 Å². The summed E-state index contributed by atoms with van der Waals surface area (Å²) in [7, 11) is 0. The van der Waals surface area contributed by atoms with E-state index in [1.807, 2.05) is 0 Å². The topological polar surface area (TPSA) is 86.7 Å². The maximum Gasteiger partial charge on any atom is 0.346 e. The highest BCUT2D eigenvalue weighted by molar-refractivity contribution is 7.15. The van der Waals surface area contributed by atoms with Crippen molar-refractivity contribution in [1.29, 1.82) is 0 Å². The molecule has 2 N–H and O–H groups in total. The van der Waals surface area contributed by atoms with Crippen molar-refractivity contribution in [3.05, 3.63) is 82.3 Å². The molecule has 0 unspecified atom stereocenters. The Morgan fingerprint density at radius 3 is 2.69 bits per heavy atom. The van der Waals surface area contributed by atoms with Crippen molar-refractivity contribution in [3.63, 3.8) is 0 Å². The van der Waals surface area contributed by atoms with Crippen molar-refractivity contribution in [2.24, 2.45) is 0 Å². The van der Waals surface area contributed by atoms with Gasteiger partial charge in [0.15, 0.2) is 0 Å². The fourth-order valence-electron chi connectivity index (χ4n) is 4.63. The lowest BCUT2D eigenvalue weighted by molar-refractivity contribution is -0.126. The van der Waals surface area contributed by atoms with Gasteiger partial charge < -0.3 is 15.3 Å². The van der Waals surface area contributed by atoms with Gasteiger partial charge in [0.2, 0.25) is 11.8 Å².